The van der Waals surface area contributed by atoms with E-state index in [2.05, 4.69) is 9.97 Å². The van der Waals surface area contributed by atoms with Crippen LogP contribution in [0.25, 0.3) is 0 Å². The molecule has 1 aromatic rings. The fourth-order valence-electron chi connectivity index (χ4n) is 0.979. The molecule has 1 rings (SSSR count). The standard InChI is InChI=1S/C10H11Cl2N3O2S/c1-2-17-9(16)7-4-14-10(15-8(7)13)18-5-6(12)3-11/h3-4H,2,5H2,1H3,(H2,13,14,15). The molecule has 5 nitrogen and oxygen atoms in total. The summed E-state index contributed by atoms with van der Waals surface area (Å²) in [5.41, 5.74) is 7.07. The zero-order valence-corrected chi connectivity index (χ0v) is 11.8. The normalized spacial score (nSPS) is 11.4. The highest BCUT2D eigenvalue weighted by Gasteiger charge is 2.13. The van der Waals surface area contributed by atoms with Crippen LogP contribution in [-0.2, 0) is 4.74 Å². The molecule has 8 heteroatoms. The molecule has 98 valence electrons. The summed E-state index contributed by atoms with van der Waals surface area (Å²) in [6.07, 6.45) is 1.33. The molecule has 0 radical (unpaired) electrons. The maximum absolute atomic E-state index is 11.5. The minimum absolute atomic E-state index is 0.0805. The predicted molar refractivity (Wildman–Crippen MR) is 72.9 cm³/mol. The van der Waals surface area contributed by atoms with Gasteiger partial charge in [-0.05, 0) is 6.92 Å². The lowest BCUT2D eigenvalue weighted by atomic mass is 10.3. The van der Waals surface area contributed by atoms with Crippen LogP contribution in [-0.4, -0.2) is 28.3 Å². The molecule has 0 atom stereocenters. The first-order valence-corrected chi connectivity index (χ1v) is 6.75. The van der Waals surface area contributed by atoms with Gasteiger partial charge in [0.1, 0.15) is 11.4 Å². The number of rotatable bonds is 5. The van der Waals surface area contributed by atoms with Crippen molar-refractivity contribution in [2.75, 3.05) is 18.1 Å². The summed E-state index contributed by atoms with van der Waals surface area (Å²) < 4.78 is 4.81. The third-order valence-corrected chi connectivity index (χ3v) is 3.44. The number of nitrogen functional groups attached to an aromatic ring is 1. The summed E-state index contributed by atoms with van der Waals surface area (Å²) >= 11 is 12.4. The quantitative estimate of drug-likeness (QED) is 0.512. The number of anilines is 1. The number of nitrogens with two attached hydrogens (primary N) is 1. The van der Waals surface area contributed by atoms with E-state index in [0.29, 0.717) is 15.9 Å². The van der Waals surface area contributed by atoms with E-state index in [9.17, 15) is 4.79 Å². The van der Waals surface area contributed by atoms with E-state index in [1.807, 2.05) is 0 Å². The molecule has 0 aliphatic heterocycles. The fraction of sp³-hybridized carbons (Fsp3) is 0.300. The summed E-state index contributed by atoms with van der Waals surface area (Å²) in [7, 11) is 0. The second-order valence-electron chi connectivity index (χ2n) is 3.02. The second kappa shape index (κ2) is 7.45. The fourth-order valence-corrected chi connectivity index (χ4v) is 1.95. The van der Waals surface area contributed by atoms with Gasteiger partial charge in [0.05, 0.1) is 6.61 Å². The van der Waals surface area contributed by atoms with Gasteiger partial charge >= 0.3 is 5.97 Å². The lowest BCUT2D eigenvalue weighted by molar-refractivity contribution is 0.0526. The molecule has 0 aromatic carbocycles. The number of ether oxygens (including phenoxy) is 1. The minimum Gasteiger partial charge on any atom is -0.462 e. The molecule has 1 heterocycles. The van der Waals surface area contributed by atoms with Gasteiger partial charge < -0.3 is 10.5 Å². The molecule has 2 N–H and O–H groups in total. The van der Waals surface area contributed by atoms with Gasteiger partial charge in [-0.3, -0.25) is 0 Å². The first-order valence-electron chi connectivity index (χ1n) is 4.95. The van der Waals surface area contributed by atoms with E-state index in [1.54, 1.807) is 6.92 Å². The van der Waals surface area contributed by atoms with Crippen LogP contribution in [0.15, 0.2) is 21.9 Å². The highest BCUT2D eigenvalue weighted by molar-refractivity contribution is 7.99. The average molecular weight is 308 g/mol. The predicted octanol–water partition coefficient (Wildman–Crippen LogP) is 2.65. The highest BCUT2D eigenvalue weighted by Crippen LogP contribution is 2.21. The zero-order valence-electron chi connectivity index (χ0n) is 9.52. The summed E-state index contributed by atoms with van der Waals surface area (Å²) in [6.45, 7) is 1.98. The van der Waals surface area contributed by atoms with Gasteiger partial charge in [0.15, 0.2) is 5.16 Å². The maximum atomic E-state index is 11.5. The van der Waals surface area contributed by atoms with Crippen molar-refractivity contribution < 1.29 is 9.53 Å². The molecule has 0 aliphatic rings. The van der Waals surface area contributed by atoms with E-state index in [4.69, 9.17) is 33.7 Å². The summed E-state index contributed by atoms with van der Waals surface area (Å²) in [5, 5.41) is 0.885. The van der Waals surface area contributed by atoms with Crippen molar-refractivity contribution in [2.45, 2.75) is 12.1 Å². The molecule has 0 unspecified atom stereocenters. The summed E-state index contributed by atoms with van der Waals surface area (Å²) in [4.78, 5) is 19.4. The molecular weight excluding hydrogens is 297 g/mol. The van der Waals surface area contributed by atoms with Crippen LogP contribution in [0.5, 0.6) is 0 Å². The van der Waals surface area contributed by atoms with Gasteiger partial charge in [-0.15, -0.1) is 0 Å². The Kier molecular flexibility index (Phi) is 6.24. The third-order valence-electron chi connectivity index (χ3n) is 1.75. The van der Waals surface area contributed by atoms with Crippen molar-refractivity contribution in [3.63, 3.8) is 0 Å². The molecule has 0 spiro atoms. The Labute approximate surface area is 119 Å². The number of esters is 1. The molecule has 0 bridgehead atoms. The SMILES string of the molecule is CCOC(=O)c1cnc(SCC(Cl)=CCl)nc1N. The van der Waals surface area contributed by atoms with Gasteiger partial charge in [0, 0.05) is 22.5 Å². The van der Waals surface area contributed by atoms with Crippen molar-refractivity contribution in [1.29, 1.82) is 0 Å². The molecule has 0 saturated heterocycles. The summed E-state index contributed by atoms with van der Waals surface area (Å²) in [5.74, 6) is -0.0226. The Morgan fingerprint density at radius 3 is 2.94 bits per heavy atom. The lowest BCUT2D eigenvalue weighted by Crippen LogP contribution is -2.10. The van der Waals surface area contributed by atoms with Crippen molar-refractivity contribution in [2.24, 2.45) is 0 Å². The number of nitrogens with zero attached hydrogens (tertiary/aromatic N) is 2. The van der Waals surface area contributed by atoms with Crippen molar-refractivity contribution in [3.05, 3.63) is 22.3 Å². The van der Waals surface area contributed by atoms with Crippen molar-refractivity contribution in [3.8, 4) is 0 Å². The summed E-state index contributed by atoms with van der Waals surface area (Å²) in [6, 6.07) is 0. The van der Waals surface area contributed by atoms with Crippen LogP contribution in [0.1, 0.15) is 17.3 Å². The van der Waals surface area contributed by atoms with Crippen molar-refractivity contribution in [1.82, 2.24) is 9.97 Å². The van der Waals surface area contributed by atoms with Crippen LogP contribution >= 0.6 is 35.0 Å². The Hall–Kier alpha value is -0.980. The van der Waals surface area contributed by atoms with Crippen LogP contribution in [0.4, 0.5) is 5.82 Å². The lowest BCUT2D eigenvalue weighted by Gasteiger charge is -2.05. The Balaban J connectivity index is 2.76. The molecule has 0 saturated carbocycles. The van der Waals surface area contributed by atoms with Crippen LogP contribution in [0, 0.1) is 0 Å². The average Bonchev–Trinajstić information content (AvgIpc) is 2.36. The monoisotopic (exact) mass is 307 g/mol. The van der Waals surface area contributed by atoms with Crippen molar-refractivity contribution >= 4 is 46.8 Å². The molecule has 18 heavy (non-hydrogen) atoms. The van der Waals surface area contributed by atoms with Crippen LogP contribution in [0.2, 0.25) is 0 Å². The smallest absolute Gasteiger partial charge is 0.343 e. The maximum Gasteiger partial charge on any atom is 0.343 e. The number of hydrogen-bond acceptors (Lipinski definition) is 6. The third kappa shape index (κ3) is 4.36. The second-order valence-corrected chi connectivity index (χ2v) is 4.66. The van der Waals surface area contributed by atoms with Crippen LogP contribution in [0.3, 0.4) is 0 Å². The number of carbonyl (C=O) groups is 1. The van der Waals surface area contributed by atoms with E-state index in [0.717, 1.165) is 0 Å². The van der Waals surface area contributed by atoms with Gasteiger partial charge in [0.2, 0.25) is 0 Å². The number of thioether (sulfide) groups is 1. The van der Waals surface area contributed by atoms with E-state index < -0.39 is 5.97 Å². The number of aromatic nitrogens is 2. The number of carbonyl (C=O) groups excluding carboxylic acids is 1. The molecule has 0 fully saturated rings. The number of hydrogen-bond donors (Lipinski definition) is 1. The van der Waals surface area contributed by atoms with Gasteiger partial charge in [-0.1, -0.05) is 35.0 Å². The number of halogens is 2. The van der Waals surface area contributed by atoms with E-state index >= 15 is 0 Å². The van der Waals surface area contributed by atoms with Gasteiger partial charge in [-0.25, -0.2) is 14.8 Å². The first kappa shape index (κ1) is 15.1. The minimum atomic E-state index is -0.537. The Bertz CT molecular complexity index is 468. The molecule has 1 aromatic heterocycles. The zero-order chi connectivity index (χ0) is 13.5. The van der Waals surface area contributed by atoms with Crippen LogP contribution < -0.4 is 5.73 Å². The highest BCUT2D eigenvalue weighted by atomic mass is 35.5. The molecular formula is C10H11Cl2N3O2S. The topological polar surface area (TPSA) is 78.1 Å². The van der Waals surface area contributed by atoms with Gasteiger partial charge in [-0.2, -0.15) is 0 Å². The Morgan fingerprint density at radius 1 is 1.67 bits per heavy atom. The molecule has 0 amide bonds. The largest absolute Gasteiger partial charge is 0.462 e. The van der Waals surface area contributed by atoms with Gasteiger partial charge in [0.25, 0.3) is 0 Å². The first-order chi connectivity index (χ1) is 8.58. The van der Waals surface area contributed by atoms with E-state index in [1.165, 1.54) is 23.5 Å². The van der Waals surface area contributed by atoms with E-state index in [-0.39, 0.29) is 18.0 Å². The molecule has 0 aliphatic carbocycles. The Morgan fingerprint density at radius 2 is 2.39 bits per heavy atom.